The molecule has 2 heterocycles. The summed E-state index contributed by atoms with van der Waals surface area (Å²) in [7, 11) is 0. The molecule has 0 spiro atoms. The third-order valence-corrected chi connectivity index (χ3v) is 4.51. The maximum Gasteiger partial charge on any atom is 0.277 e. The molecule has 0 aliphatic carbocycles. The highest BCUT2D eigenvalue weighted by Gasteiger charge is 2.12. The minimum atomic E-state index is 0.415. The summed E-state index contributed by atoms with van der Waals surface area (Å²) in [6, 6.07) is 8.22. The number of hydrogen-bond acceptors (Lipinski definition) is 7. The molecule has 0 radical (unpaired) electrons. The number of benzene rings is 1. The third kappa shape index (κ3) is 2.83. The van der Waals surface area contributed by atoms with E-state index in [1.165, 1.54) is 21.8 Å². The van der Waals surface area contributed by atoms with Crippen LogP contribution >= 0.6 is 23.1 Å². The van der Waals surface area contributed by atoms with Gasteiger partial charge in [-0.25, -0.2) is 4.98 Å². The summed E-state index contributed by atoms with van der Waals surface area (Å²) in [5.74, 6) is 1.73. The molecule has 1 aromatic carbocycles. The standard InChI is InChI=1S/C13H12N4OS2/c1-8-4-2-3-5-10(8)19-7-11-16-12(18-17-11)9-6-20-13(14)15-9/h2-6H,7H2,1H3,(H2,14,15). The van der Waals surface area contributed by atoms with Gasteiger partial charge in [-0.1, -0.05) is 23.4 Å². The third-order valence-electron chi connectivity index (χ3n) is 2.66. The van der Waals surface area contributed by atoms with Gasteiger partial charge >= 0.3 is 0 Å². The Morgan fingerprint density at radius 1 is 1.30 bits per heavy atom. The number of nitrogens with two attached hydrogens (primary N) is 1. The zero-order valence-corrected chi connectivity index (χ0v) is 12.4. The number of rotatable bonds is 4. The molecule has 0 fully saturated rings. The summed E-state index contributed by atoms with van der Waals surface area (Å²) in [4.78, 5) is 9.67. The topological polar surface area (TPSA) is 77.8 Å². The van der Waals surface area contributed by atoms with E-state index in [0.29, 0.717) is 28.3 Å². The lowest BCUT2D eigenvalue weighted by atomic mass is 10.2. The Balaban J connectivity index is 1.70. The van der Waals surface area contributed by atoms with Crippen LogP contribution < -0.4 is 5.73 Å². The molecule has 0 aliphatic rings. The van der Waals surface area contributed by atoms with Crippen LogP contribution in [0.15, 0.2) is 39.1 Å². The molecule has 2 aromatic heterocycles. The monoisotopic (exact) mass is 304 g/mol. The molecule has 20 heavy (non-hydrogen) atoms. The van der Waals surface area contributed by atoms with E-state index >= 15 is 0 Å². The van der Waals surface area contributed by atoms with E-state index in [1.807, 2.05) is 12.1 Å². The van der Waals surface area contributed by atoms with Gasteiger partial charge in [-0.15, -0.1) is 23.1 Å². The predicted molar refractivity (Wildman–Crippen MR) is 80.6 cm³/mol. The van der Waals surface area contributed by atoms with Crippen molar-refractivity contribution in [2.75, 3.05) is 5.73 Å². The molecule has 0 amide bonds. The predicted octanol–water partition coefficient (Wildman–Crippen LogP) is 3.38. The number of hydrogen-bond donors (Lipinski definition) is 1. The molecule has 2 N–H and O–H groups in total. The van der Waals surface area contributed by atoms with Gasteiger partial charge < -0.3 is 10.3 Å². The zero-order chi connectivity index (χ0) is 13.9. The van der Waals surface area contributed by atoms with Crippen LogP contribution in [0.5, 0.6) is 0 Å². The lowest BCUT2D eigenvalue weighted by Crippen LogP contribution is -1.86. The number of aromatic nitrogens is 3. The summed E-state index contributed by atoms with van der Waals surface area (Å²) < 4.78 is 5.20. The van der Waals surface area contributed by atoms with Crippen LogP contribution in [0.4, 0.5) is 5.13 Å². The Hall–Kier alpha value is -1.86. The van der Waals surface area contributed by atoms with E-state index in [9.17, 15) is 0 Å². The Kier molecular flexibility index (Phi) is 3.70. The highest BCUT2D eigenvalue weighted by Crippen LogP contribution is 2.26. The molecule has 0 aliphatic heterocycles. The fourth-order valence-corrected chi connectivity index (χ4v) is 3.07. The van der Waals surface area contributed by atoms with Crippen molar-refractivity contribution in [3.05, 3.63) is 41.0 Å². The Labute approximate surface area is 124 Å². The average molecular weight is 304 g/mol. The summed E-state index contributed by atoms with van der Waals surface area (Å²) >= 11 is 3.04. The van der Waals surface area contributed by atoms with Gasteiger partial charge in [0, 0.05) is 10.3 Å². The first-order chi connectivity index (χ1) is 9.72. The molecule has 0 unspecified atom stereocenters. The Morgan fingerprint density at radius 2 is 2.15 bits per heavy atom. The molecule has 0 saturated heterocycles. The van der Waals surface area contributed by atoms with Crippen LogP contribution in [0.1, 0.15) is 11.4 Å². The molecule has 102 valence electrons. The number of anilines is 1. The molecule has 7 heteroatoms. The molecule has 3 rings (SSSR count). The summed E-state index contributed by atoms with van der Waals surface area (Å²) in [5.41, 5.74) is 7.46. The minimum absolute atomic E-state index is 0.415. The van der Waals surface area contributed by atoms with Gasteiger partial charge in [0.15, 0.2) is 11.0 Å². The van der Waals surface area contributed by atoms with E-state index in [0.717, 1.165) is 0 Å². The second-order valence-electron chi connectivity index (χ2n) is 4.14. The van der Waals surface area contributed by atoms with E-state index in [1.54, 1.807) is 17.1 Å². The van der Waals surface area contributed by atoms with Crippen LogP contribution in [-0.2, 0) is 5.75 Å². The molecule has 0 saturated carbocycles. The first-order valence-electron chi connectivity index (χ1n) is 5.95. The Bertz CT molecular complexity index is 722. The fraction of sp³-hybridized carbons (Fsp3) is 0.154. The van der Waals surface area contributed by atoms with Crippen LogP contribution in [0.3, 0.4) is 0 Å². The van der Waals surface area contributed by atoms with Crippen molar-refractivity contribution in [1.82, 2.24) is 15.1 Å². The van der Waals surface area contributed by atoms with Gasteiger partial charge in [-0.3, -0.25) is 0 Å². The summed E-state index contributed by atoms with van der Waals surface area (Å²) in [6.45, 7) is 2.09. The minimum Gasteiger partial charge on any atom is -0.375 e. The van der Waals surface area contributed by atoms with Crippen molar-refractivity contribution < 1.29 is 4.52 Å². The highest BCUT2D eigenvalue weighted by molar-refractivity contribution is 7.98. The maximum absolute atomic E-state index is 5.59. The molecule has 0 atom stereocenters. The molecule has 3 aromatic rings. The number of thioether (sulfide) groups is 1. The van der Waals surface area contributed by atoms with E-state index in [2.05, 4.69) is 34.2 Å². The lowest BCUT2D eigenvalue weighted by Gasteiger charge is -2.01. The van der Waals surface area contributed by atoms with Crippen LogP contribution in [-0.4, -0.2) is 15.1 Å². The molecular formula is C13H12N4OS2. The fourth-order valence-electron chi connectivity index (χ4n) is 1.66. The highest BCUT2D eigenvalue weighted by atomic mass is 32.2. The number of aryl methyl sites for hydroxylation is 1. The first kappa shape index (κ1) is 13.1. The number of nitrogens with zero attached hydrogens (tertiary/aromatic N) is 3. The van der Waals surface area contributed by atoms with Gasteiger partial charge in [0.2, 0.25) is 0 Å². The van der Waals surface area contributed by atoms with E-state index in [4.69, 9.17) is 10.3 Å². The van der Waals surface area contributed by atoms with Gasteiger partial charge in [-0.05, 0) is 18.6 Å². The second-order valence-corrected chi connectivity index (χ2v) is 6.05. The largest absolute Gasteiger partial charge is 0.375 e. The summed E-state index contributed by atoms with van der Waals surface area (Å²) in [6.07, 6.45) is 0. The molecule has 5 nitrogen and oxygen atoms in total. The molecular weight excluding hydrogens is 292 g/mol. The number of thiazole rings is 1. The van der Waals surface area contributed by atoms with Crippen LogP contribution in [0, 0.1) is 6.92 Å². The lowest BCUT2D eigenvalue weighted by molar-refractivity contribution is 0.424. The van der Waals surface area contributed by atoms with Crippen molar-refractivity contribution in [3.8, 4) is 11.6 Å². The van der Waals surface area contributed by atoms with Crippen molar-refractivity contribution in [2.24, 2.45) is 0 Å². The quantitative estimate of drug-likeness (QED) is 0.744. The van der Waals surface area contributed by atoms with Crippen molar-refractivity contribution in [2.45, 2.75) is 17.6 Å². The van der Waals surface area contributed by atoms with Crippen LogP contribution in [0.2, 0.25) is 0 Å². The van der Waals surface area contributed by atoms with Gasteiger partial charge in [-0.2, -0.15) is 4.98 Å². The second kappa shape index (κ2) is 5.64. The zero-order valence-electron chi connectivity index (χ0n) is 10.7. The smallest absolute Gasteiger partial charge is 0.277 e. The van der Waals surface area contributed by atoms with Crippen molar-refractivity contribution in [3.63, 3.8) is 0 Å². The maximum atomic E-state index is 5.59. The van der Waals surface area contributed by atoms with E-state index in [-0.39, 0.29) is 0 Å². The van der Waals surface area contributed by atoms with Crippen LogP contribution in [0.25, 0.3) is 11.6 Å². The van der Waals surface area contributed by atoms with Gasteiger partial charge in [0.05, 0.1) is 5.75 Å². The first-order valence-corrected chi connectivity index (χ1v) is 7.81. The van der Waals surface area contributed by atoms with E-state index < -0.39 is 0 Å². The van der Waals surface area contributed by atoms with Crippen molar-refractivity contribution >= 4 is 28.2 Å². The Morgan fingerprint density at radius 3 is 2.90 bits per heavy atom. The molecule has 0 bridgehead atoms. The average Bonchev–Trinajstić information content (AvgIpc) is 3.06. The van der Waals surface area contributed by atoms with Gasteiger partial charge in [0.25, 0.3) is 5.89 Å². The van der Waals surface area contributed by atoms with Gasteiger partial charge in [0.1, 0.15) is 5.69 Å². The number of nitrogen functional groups attached to an aromatic ring is 1. The van der Waals surface area contributed by atoms with Crippen molar-refractivity contribution in [1.29, 1.82) is 0 Å². The summed E-state index contributed by atoms with van der Waals surface area (Å²) in [5, 5.41) is 6.26. The normalized spacial score (nSPS) is 10.8. The SMILES string of the molecule is Cc1ccccc1SCc1noc(-c2csc(N)n2)n1.